The SMILES string of the molecule is Cc1cccc2c1N(C(=O)c1nc(Cl)c(Cl)c(Cl)c1Cl)CCC2. The van der Waals surface area contributed by atoms with Crippen molar-refractivity contribution in [1.29, 1.82) is 0 Å². The summed E-state index contributed by atoms with van der Waals surface area (Å²) in [6.07, 6.45) is 1.80. The van der Waals surface area contributed by atoms with E-state index < -0.39 is 0 Å². The van der Waals surface area contributed by atoms with Crippen molar-refractivity contribution >= 4 is 58.0 Å². The molecule has 0 unspecified atom stereocenters. The molecule has 2 heterocycles. The van der Waals surface area contributed by atoms with Gasteiger partial charge in [-0.3, -0.25) is 4.79 Å². The highest BCUT2D eigenvalue weighted by Crippen LogP contribution is 2.38. The molecule has 0 atom stereocenters. The molecular weight excluding hydrogens is 378 g/mol. The molecule has 0 bridgehead atoms. The summed E-state index contributed by atoms with van der Waals surface area (Å²) in [7, 11) is 0. The van der Waals surface area contributed by atoms with Crippen LogP contribution in [-0.2, 0) is 6.42 Å². The normalized spacial score (nSPS) is 13.9. The van der Waals surface area contributed by atoms with Gasteiger partial charge in [-0.15, -0.1) is 0 Å². The average molecular weight is 390 g/mol. The number of para-hydroxylation sites is 1. The predicted octanol–water partition coefficient (Wildman–Crippen LogP) is 5.60. The molecule has 3 nitrogen and oxygen atoms in total. The summed E-state index contributed by atoms with van der Waals surface area (Å²) in [6.45, 7) is 2.56. The molecule has 0 saturated carbocycles. The number of rotatable bonds is 1. The van der Waals surface area contributed by atoms with Crippen molar-refractivity contribution in [3.63, 3.8) is 0 Å². The van der Waals surface area contributed by atoms with Crippen LogP contribution in [-0.4, -0.2) is 17.4 Å². The van der Waals surface area contributed by atoms with Crippen LogP contribution >= 0.6 is 46.4 Å². The number of carbonyl (C=O) groups is 1. The Morgan fingerprint density at radius 1 is 1.13 bits per heavy atom. The van der Waals surface area contributed by atoms with Gasteiger partial charge in [-0.05, 0) is 30.9 Å². The monoisotopic (exact) mass is 388 g/mol. The molecular formula is C16H12Cl4N2O. The Kier molecular flexibility index (Phi) is 4.75. The second kappa shape index (κ2) is 6.48. The largest absolute Gasteiger partial charge is 0.306 e. The first-order valence-corrected chi connectivity index (χ1v) is 8.53. The molecule has 120 valence electrons. The van der Waals surface area contributed by atoms with Gasteiger partial charge >= 0.3 is 0 Å². The summed E-state index contributed by atoms with van der Waals surface area (Å²) in [5.41, 5.74) is 3.08. The third kappa shape index (κ3) is 2.91. The fourth-order valence-corrected chi connectivity index (χ4v) is 3.62. The third-order valence-electron chi connectivity index (χ3n) is 3.85. The molecule has 0 saturated heterocycles. The first kappa shape index (κ1) is 16.8. The maximum absolute atomic E-state index is 13.0. The minimum absolute atomic E-state index is 0.0159. The van der Waals surface area contributed by atoms with Crippen LogP contribution in [0.4, 0.5) is 5.69 Å². The molecule has 1 aliphatic heterocycles. The first-order chi connectivity index (χ1) is 10.9. The summed E-state index contributed by atoms with van der Waals surface area (Å²) in [4.78, 5) is 18.7. The number of aromatic nitrogens is 1. The topological polar surface area (TPSA) is 33.2 Å². The lowest BCUT2D eigenvalue weighted by Gasteiger charge is -2.31. The van der Waals surface area contributed by atoms with Gasteiger partial charge in [-0.25, -0.2) is 4.98 Å². The van der Waals surface area contributed by atoms with Gasteiger partial charge in [0.05, 0.1) is 20.8 Å². The van der Waals surface area contributed by atoms with Crippen molar-refractivity contribution in [2.45, 2.75) is 19.8 Å². The zero-order valence-electron chi connectivity index (χ0n) is 12.2. The van der Waals surface area contributed by atoms with E-state index in [0.717, 1.165) is 29.7 Å². The number of halogens is 4. The lowest BCUT2D eigenvalue weighted by molar-refractivity contribution is 0.0980. The van der Waals surface area contributed by atoms with E-state index >= 15 is 0 Å². The first-order valence-electron chi connectivity index (χ1n) is 7.02. The van der Waals surface area contributed by atoms with E-state index in [-0.39, 0.29) is 31.8 Å². The summed E-state index contributed by atoms with van der Waals surface area (Å²) < 4.78 is 0. The molecule has 0 fully saturated rings. The van der Waals surface area contributed by atoms with E-state index in [9.17, 15) is 4.79 Å². The highest BCUT2D eigenvalue weighted by molar-refractivity contribution is 6.52. The van der Waals surface area contributed by atoms with Crippen LogP contribution in [0.1, 0.15) is 28.0 Å². The highest BCUT2D eigenvalue weighted by atomic mass is 35.5. The fourth-order valence-electron chi connectivity index (χ4n) is 2.81. The fraction of sp³-hybridized carbons (Fsp3) is 0.250. The zero-order chi connectivity index (χ0) is 16.7. The Morgan fingerprint density at radius 3 is 2.61 bits per heavy atom. The van der Waals surface area contributed by atoms with Gasteiger partial charge < -0.3 is 4.90 Å². The molecule has 1 aromatic carbocycles. The van der Waals surface area contributed by atoms with Crippen molar-refractivity contribution in [3.8, 4) is 0 Å². The van der Waals surface area contributed by atoms with Crippen LogP contribution in [0.2, 0.25) is 20.2 Å². The molecule has 7 heteroatoms. The number of nitrogens with zero attached hydrogens (tertiary/aromatic N) is 2. The molecule has 1 amide bonds. The van der Waals surface area contributed by atoms with Crippen molar-refractivity contribution in [2.24, 2.45) is 0 Å². The summed E-state index contributed by atoms with van der Waals surface area (Å²) in [6, 6.07) is 5.99. The predicted molar refractivity (Wildman–Crippen MR) is 95.5 cm³/mol. The number of hydrogen-bond donors (Lipinski definition) is 0. The van der Waals surface area contributed by atoms with E-state index in [0.29, 0.717) is 6.54 Å². The number of amides is 1. The smallest absolute Gasteiger partial charge is 0.278 e. The summed E-state index contributed by atoms with van der Waals surface area (Å²) in [5, 5.41) is 0.0713. The average Bonchev–Trinajstić information content (AvgIpc) is 2.55. The summed E-state index contributed by atoms with van der Waals surface area (Å²) >= 11 is 24.1. The van der Waals surface area contributed by atoms with Crippen molar-refractivity contribution in [1.82, 2.24) is 4.98 Å². The number of fused-ring (bicyclic) bond motifs is 1. The highest BCUT2D eigenvalue weighted by Gasteiger charge is 2.29. The van der Waals surface area contributed by atoms with Gasteiger partial charge in [0, 0.05) is 6.54 Å². The van der Waals surface area contributed by atoms with E-state index in [1.165, 1.54) is 0 Å². The molecule has 3 rings (SSSR count). The molecule has 2 aromatic rings. The Hall–Kier alpha value is -1.000. The molecule has 0 aliphatic carbocycles. The van der Waals surface area contributed by atoms with Crippen LogP contribution in [0.5, 0.6) is 0 Å². The van der Waals surface area contributed by atoms with E-state index in [2.05, 4.69) is 4.98 Å². The lowest BCUT2D eigenvalue weighted by atomic mass is 9.98. The molecule has 0 spiro atoms. The van der Waals surface area contributed by atoms with E-state index in [1.807, 2.05) is 25.1 Å². The van der Waals surface area contributed by atoms with Crippen molar-refractivity contribution in [3.05, 3.63) is 55.2 Å². The molecule has 23 heavy (non-hydrogen) atoms. The van der Waals surface area contributed by atoms with Gasteiger partial charge in [0.2, 0.25) is 0 Å². The number of anilines is 1. The second-order valence-corrected chi connectivity index (χ2v) is 6.83. The Bertz CT molecular complexity index is 807. The Morgan fingerprint density at radius 2 is 1.87 bits per heavy atom. The zero-order valence-corrected chi connectivity index (χ0v) is 15.2. The Labute approximate surface area is 154 Å². The number of benzene rings is 1. The van der Waals surface area contributed by atoms with E-state index in [4.69, 9.17) is 46.4 Å². The quantitative estimate of drug-likeness (QED) is 0.595. The Balaban J connectivity index is 2.11. The maximum atomic E-state index is 13.0. The van der Waals surface area contributed by atoms with Crippen LogP contribution in [0.25, 0.3) is 0 Å². The maximum Gasteiger partial charge on any atom is 0.278 e. The third-order valence-corrected chi connectivity index (χ3v) is 5.53. The van der Waals surface area contributed by atoms with Crippen molar-refractivity contribution in [2.75, 3.05) is 11.4 Å². The van der Waals surface area contributed by atoms with Gasteiger partial charge in [-0.1, -0.05) is 64.6 Å². The molecule has 1 aromatic heterocycles. The molecule has 1 aliphatic rings. The van der Waals surface area contributed by atoms with Crippen LogP contribution < -0.4 is 4.90 Å². The van der Waals surface area contributed by atoms with Crippen LogP contribution in [0.15, 0.2) is 18.2 Å². The van der Waals surface area contributed by atoms with Crippen LogP contribution in [0, 0.1) is 6.92 Å². The molecule has 0 N–H and O–H groups in total. The van der Waals surface area contributed by atoms with Gasteiger partial charge in [0.1, 0.15) is 5.15 Å². The van der Waals surface area contributed by atoms with Crippen LogP contribution in [0.3, 0.4) is 0 Å². The van der Waals surface area contributed by atoms with Gasteiger partial charge in [-0.2, -0.15) is 0 Å². The number of carbonyl (C=O) groups excluding carboxylic acids is 1. The van der Waals surface area contributed by atoms with Gasteiger partial charge in [0.15, 0.2) is 5.69 Å². The number of hydrogen-bond acceptors (Lipinski definition) is 2. The van der Waals surface area contributed by atoms with Gasteiger partial charge in [0.25, 0.3) is 5.91 Å². The number of pyridine rings is 1. The van der Waals surface area contributed by atoms with Crippen molar-refractivity contribution < 1.29 is 4.79 Å². The second-order valence-electron chi connectivity index (χ2n) is 5.34. The van der Waals surface area contributed by atoms with E-state index in [1.54, 1.807) is 4.90 Å². The minimum Gasteiger partial charge on any atom is -0.306 e. The minimum atomic E-state index is -0.328. The summed E-state index contributed by atoms with van der Waals surface area (Å²) in [5.74, 6) is -0.328. The standard InChI is InChI=1S/C16H12Cl4N2O/c1-8-4-2-5-9-6-3-7-22(14(8)9)16(23)13-11(18)10(17)12(19)15(20)21-13/h2,4-5H,3,6-7H2,1H3. The number of aryl methyl sites for hydroxylation is 2. The molecule has 0 radical (unpaired) electrons. The lowest BCUT2D eigenvalue weighted by Crippen LogP contribution is -2.36.